The number of benzene rings is 3. The summed E-state index contributed by atoms with van der Waals surface area (Å²) in [5.41, 5.74) is 5.05. The number of nitrogens with one attached hydrogen (secondary N) is 3. The molecule has 198 valence electrons. The quantitative estimate of drug-likeness (QED) is 0.222. The number of H-pyrrole nitrogens is 2. The van der Waals surface area contributed by atoms with Gasteiger partial charge in [0.2, 0.25) is 0 Å². The van der Waals surface area contributed by atoms with Gasteiger partial charge in [0.1, 0.15) is 22.8 Å². The molecule has 41 heavy (non-hydrogen) atoms. The number of hydrogen-bond acceptors (Lipinski definition) is 5. The molecule has 0 spiro atoms. The molecule has 10 heteroatoms. The van der Waals surface area contributed by atoms with E-state index in [-0.39, 0.29) is 17.3 Å². The van der Waals surface area contributed by atoms with Gasteiger partial charge in [-0.1, -0.05) is 30.3 Å². The molecule has 0 aliphatic carbocycles. The first-order valence-electron chi connectivity index (χ1n) is 12.6. The summed E-state index contributed by atoms with van der Waals surface area (Å²) in [4.78, 5) is 29.1. The highest BCUT2D eigenvalue weighted by Gasteiger charge is 2.19. The number of halogens is 2. The summed E-state index contributed by atoms with van der Waals surface area (Å²) >= 11 is 0. The number of amides is 1. The van der Waals surface area contributed by atoms with Crippen LogP contribution in [0.5, 0.6) is 0 Å². The molecular weight excluding hydrogens is 524 g/mol. The number of hydrogen-bond donors (Lipinski definition) is 3. The number of carbonyl (C=O) groups excluding carboxylic acids is 1. The number of pyridine rings is 2. The molecule has 0 aliphatic heterocycles. The summed E-state index contributed by atoms with van der Waals surface area (Å²) in [5, 5.41) is 10.7. The van der Waals surface area contributed by atoms with Gasteiger partial charge in [-0.2, -0.15) is 5.10 Å². The minimum atomic E-state index is -0.485. The van der Waals surface area contributed by atoms with Crippen LogP contribution < -0.4 is 5.32 Å². The fourth-order valence-corrected chi connectivity index (χ4v) is 4.80. The topological polar surface area (TPSA) is 112 Å². The van der Waals surface area contributed by atoms with Gasteiger partial charge in [-0.15, -0.1) is 0 Å². The summed E-state index contributed by atoms with van der Waals surface area (Å²) in [7, 11) is 0. The summed E-state index contributed by atoms with van der Waals surface area (Å²) in [5.74, 6) is -0.717. The van der Waals surface area contributed by atoms with E-state index in [1.54, 1.807) is 60.8 Å². The predicted octanol–water partition coefficient (Wildman–Crippen LogP) is 6.76. The van der Waals surface area contributed by atoms with E-state index >= 15 is 4.39 Å². The zero-order valence-corrected chi connectivity index (χ0v) is 21.2. The molecule has 0 saturated heterocycles. The Kier molecular flexibility index (Phi) is 5.78. The Morgan fingerprint density at radius 2 is 1.73 bits per heavy atom. The van der Waals surface area contributed by atoms with Crippen LogP contribution in [0.4, 0.5) is 14.5 Å². The number of anilines is 1. The van der Waals surface area contributed by atoms with Crippen molar-refractivity contribution in [3.8, 4) is 33.8 Å². The predicted molar refractivity (Wildman–Crippen MR) is 152 cm³/mol. The molecule has 0 unspecified atom stereocenters. The van der Waals surface area contributed by atoms with E-state index in [9.17, 15) is 9.18 Å². The molecule has 7 aromatic rings. The van der Waals surface area contributed by atoms with Crippen LogP contribution in [0.3, 0.4) is 0 Å². The monoisotopic (exact) mass is 543 g/mol. The van der Waals surface area contributed by atoms with Gasteiger partial charge >= 0.3 is 0 Å². The summed E-state index contributed by atoms with van der Waals surface area (Å²) in [6, 6.07) is 21.5. The van der Waals surface area contributed by atoms with E-state index in [0.717, 1.165) is 0 Å². The van der Waals surface area contributed by atoms with Crippen LogP contribution in [0.1, 0.15) is 10.4 Å². The zero-order valence-electron chi connectivity index (χ0n) is 21.2. The second kappa shape index (κ2) is 9.76. The second-order valence-corrected chi connectivity index (χ2v) is 9.38. The fraction of sp³-hybridized carbons (Fsp3) is 0. The highest BCUT2D eigenvalue weighted by atomic mass is 19.1. The van der Waals surface area contributed by atoms with E-state index in [1.165, 1.54) is 30.6 Å². The van der Waals surface area contributed by atoms with Crippen molar-refractivity contribution in [1.82, 2.24) is 30.1 Å². The lowest BCUT2D eigenvalue weighted by Gasteiger charge is -2.08. The number of nitrogens with zero attached hydrogens (tertiary/aromatic N) is 4. The van der Waals surface area contributed by atoms with E-state index in [2.05, 4.69) is 30.5 Å². The van der Waals surface area contributed by atoms with Crippen LogP contribution in [0.2, 0.25) is 0 Å². The zero-order chi connectivity index (χ0) is 27.9. The van der Waals surface area contributed by atoms with Crippen molar-refractivity contribution in [2.45, 2.75) is 0 Å². The third kappa shape index (κ3) is 4.47. The SMILES string of the molecule is O=C(Nc1cncc(-c2cc3c(-c4nc5c(-c6cccc(F)c6)ccnc5[nH]4)n[nH]c3cc2F)c1)c1ccccc1. The number of rotatable bonds is 5. The maximum atomic E-state index is 15.3. The molecule has 0 aliphatic rings. The average molecular weight is 544 g/mol. The molecule has 8 nitrogen and oxygen atoms in total. The maximum absolute atomic E-state index is 15.3. The largest absolute Gasteiger partial charge is 0.321 e. The van der Waals surface area contributed by atoms with Crippen molar-refractivity contribution in [3.63, 3.8) is 0 Å². The number of fused-ring (bicyclic) bond motifs is 2. The molecule has 4 aromatic heterocycles. The van der Waals surface area contributed by atoms with E-state index in [1.807, 2.05) is 6.07 Å². The third-order valence-electron chi connectivity index (χ3n) is 6.74. The van der Waals surface area contributed by atoms with Crippen molar-refractivity contribution < 1.29 is 13.6 Å². The lowest BCUT2D eigenvalue weighted by Crippen LogP contribution is -2.11. The molecular formula is C31H19F2N7O. The van der Waals surface area contributed by atoms with Crippen molar-refractivity contribution in [3.05, 3.63) is 115 Å². The third-order valence-corrected chi connectivity index (χ3v) is 6.74. The second-order valence-electron chi connectivity index (χ2n) is 9.38. The first-order valence-corrected chi connectivity index (χ1v) is 12.6. The van der Waals surface area contributed by atoms with Gasteiger partial charge in [0, 0.05) is 46.1 Å². The average Bonchev–Trinajstić information content (AvgIpc) is 3.61. The molecule has 0 fully saturated rings. The van der Waals surface area contributed by atoms with Gasteiger partial charge in [-0.25, -0.2) is 18.7 Å². The van der Waals surface area contributed by atoms with Crippen LogP contribution in [-0.2, 0) is 0 Å². The Hall–Kier alpha value is -5.77. The van der Waals surface area contributed by atoms with E-state index in [4.69, 9.17) is 4.98 Å². The van der Waals surface area contributed by atoms with Gasteiger partial charge in [0.15, 0.2) is 11.5 Å². The van der Waals surface area contributed by atoms with Crippen LogP contribution in [0.15, 0.2) is 97.5 Å². The number of imidazole rings is 1. The summed E-state index contributed by atoms with van der Waals surface area (Å²) < 4.78 is 29.2. The molecule has 7 rings (SSSR count). The molecule has 0 bridgehead atoms. The van der Waals surface area contributed by atoms with Gasteiger partial charge in [0.25, 0.3) is 5.91 Å². The lowest BCUT2D eigenvalue weighted by molar-refractivity contribution is 0.102. The van der Waals surface area contributed by atoms with Crippen molar-refractivity contribution in [2.75, 3.05) is 5.32 Å². The molecule has 4 heterocycles. The summed E-state index contributed by atoms with van der Waals surface area (Å²) in [6.07, 6.45) is 4.65. The molecule has 1 amide bonds. The Morgan fingerprint density at radius 3 is 2.59 bits per heavy atom. The maximum Gasteiger partial charge on any atom is 0.255 e. The molecule has 0 atom stereocenters. The highest BCUT2D eigenvalue weighted by molar-refractivity contribution is 6.04. The Balaban J connectivity index is 1.28. The Morgan fingerprint density at radius 1 is 0.854 bits per heavy atom. The van der Waals surface area contributed by atoms with Crippen molar-refractivity contribution in [1.29, 1.82) is 0 Å². The highest BCUT2D eigenvalue weighted by Crippen LogP contribution is 2.34. The minimum Gasteiger partial charge on any atom is -0.321 e. The summed E-state index contributed by atoms with van der Waals surface area (Å²) in [6.45, 7) is 0. The van der Waals surface area contributed by atoms with E-state index < -0.39 is 5.82 Å². The van der Waals surface area contributed by atoms with Crippen LogP contribution >= 0.6 is 0 Å². The van der Waals surface area contributed by atoms with Crippen LogP contribution in [-0.4, -0.2) is 36.0 Å². The van der Waals surface area contributed by atoms with Gasteiger partial charge in [-0.05, 0) is 48.0 Å². The molecule has 3 N–H and O–H groups in total. The lowest BCUT2D eigenvalue weighted by atomic mass is 10.0. The smallest absolute Gasteiger partial charge is 0.255 e. The van der Waals surface area contributed by atoms with Crippen LogP contribution in [0, 0.1) is 11.6 Å². The van der Waals surface area contributed by atoms with Gasteiger partial charge < -0.3 is 10.3 Å². The number of aromatic amines is 2. The first-order chi connectivity index (χ1) is 20.0. The van der Waals surface area contributed by atoms with E-state index in [0.29, 0.717) is 61.5 Å². The Labute approximate surface area is 231 Å². The normalized spacial score (nSPS) is 11.3. The molecule has 0 radical (unpaired) electrons. The van der Waals surface area contributed by atoms with Gasteiger partial charge in [0.05, 0.1) is 17.4 Å². The van der Waals surface area contributed by atoms with Crippen LogP contribution in [0.25, 0.3) is 55.8 Å². The Bertz CT molecular complexity index is 2090. The standard InChI is InChI=1S/C31H19F2N7O/c32-20-8-4-7-18(11-20)22-9-10-35-29-27(22)37-30(38-29)28-24-13-23(25(33)14-26(24)39-40-28)19-12-21(16-34-15-19)36-31(41)17-5-2-1-3-6-17/h1-16H,(H,36,41)(H,39,40)(H,35,37,38). The minimum absolute atomic E-state index is 0.276. The van der Waals surface area contributed by atoms with Gasteiger partial charge in [-0.3, -0.25) is 14.9 Å². The number of aromatic nitrogens is 6. The number of carbonyl (C=O) groups is 1. The molecule has 3 aromatic carbocycles. The molecule has 0 saturated carbocycles. The van der Waals surface area contributed by atoms with Crippen molar-refractivity contribution in [2.24, 2.45) is 0 Å². The fourth-order valence-electron chi connectivity index (χ4n) is 4.80. The first kappa shape index (κ1) is 24.3. The van der Waals surface area contributed by atoms with Crippen molar-refractivity contribution >= 4 is 33.7 Å².